The van der Waals surface area contributed by atoms with Crippen LogP contribution in [0.25, 0.3) is 0 Å². The van der Waals surface area contributed by atoms with Gasteiger partial charge in [-0.15, -0.1) is 0 Å². The Morgan fingerprint density at radius 1 is 0.259 bits per heavy atom. The highest BCUT2D eigenvalue weighted by atomic mass is 16.6. The minimum Gasteiger partial charge on any atom is -0.462 e. The van der Waals surface area contributed by atoms with Crippen molar-refractivity contribution in [2.24, 2.45) is 0 Å². The van der Waals surface area contributed by atoms with Crippen LogP contribution in [-0.4, -0.2) is 37.2 Å². The van der Waals surface area contributed by atoms with Crippen molar-refractivity contribution in [3.05, 3.63) is 109 Å². The van der Waals surface area contributed by atoms with E-state index < -0.39 is 6.10 Å². The lowest BCUT2D eigenvalue weighted by Gasteiger charge is -2.18. The van der Waals surface area contributed by atoms with Gasteiger partial charge < -0.3 is 14.2 Å². The lowest BCUT2D eigenvalue weighted by Crippen LogP contribution is -2.30. The summed E-state index contributed by atoms with van der Waals surface area (Å²) in [5, 5.41) is 0. The molecule has 0 aromatic heterocycles. The third-order valence-electron chi connectivity index (χ3n) is 14.7. The van der Waals surface area contributed by atoms with Gasteiger partial charge in [0.1, 0.15) is 13.2 Å². The lowest BCUT2D eigenvalue weighted by atomic mass is 10.0. The molecule has 0 spiro atoms. The largest absolute Gasteiger partial charge is 0.462 e. The van der Waals surface area contributed by atoms with E-state index >= 15 is 0 Å². The quantitative estimate of drug-likeness (QED) is 0.0261. The van der Waals surface area contributed by atoms with Crippen LogP contribution in [0.4, 0.5) is 0 Å². The van der Waals surface area contributed by atoms with Crippen molar-refractivity contribution in [1.29, 1.82) is 0 Å². The second-order valence-electron chi connectivity index (χ2n) is 22.7. The van der Waals surface area contributed by atoms with Gasteiger partial charge in [0.2, 0.25) is 0 Å². The van der Waals surface area contributed by atoms with Crippen LogP contribution in [0, 0.1) is 0 Å². The number of carbonyl (C=O) groups excluding carboxylic acids is 3. The molecule has 0 N–H and O–H groups in total. The molecule has 0 amide bonds. The SMILES string of the molecule is CC/C=C\C/C=C\C/C=C\C/C=C\C/C=C\CCCCCCCCCCCCCCCCCCCC(=O)OCC(COC(=O)CCCCC/C=C\C/C=C\C/C=C\CC)OC(=O)CCCCCCCCC/C=C\CCCCCCCC. The second-order valence-corrected chi connectivity index (χ2v) is 22.7. The summed E-state index contributed by atoms with van der Waals surface area (Å²) in [7, 11) is 0. The minimum absolute atomic E-state index is 0.0868. The van der Waals surface area contributed by atoms with Crippen molar-refractivity contribution in [1.82, 2.24) is 0 Å². The number of hydrogen-bond donors (Lipinski definition) is 0. The first-order valence-corrected chi connectivity index (χ1v) is 34.4. The molecule has 0 aliphatic rings. The summed E-state index contributed by atoms with van der Waals surface area (Å²) in [5.41, 5.74) is 0. The van der Waals surface area contributed by atoms with Gasteiger partial charge in [0.05, 0.1) is 0 Å². The first-order chi connectivity index (χ1) is 40.0. The van der Waals surface area contributed by atoms with Gasteiger partial charge in [-0.1, -0.05) is 297 Å². The third kappa shape index (κ3) is 66.8. The third-order valence-corrected chi connectivity index (χ3v) is 14.7. The second kappa shape index (κ2) is 68.6. The Morgan fingerprint density at radius 2 is 0.481 bits per heavy atom. The van der Waals surface area contributed by atoms with E-state index in [0.29, 0.717) is 19.3 Å². The zero-order chi connectivity index (χ0) is 58.5. The van der Waals surface area contributed by atoms with Crippen LogP contribution in [0.3, 0.4) is 0 Å². The fourth-order valence-electron chi connectivity index (χ4n) is 9.66. The Morgan fingerprint density at radius 3 is 0.778 bits per heavy atom. The molecule has 6 heteroatoms. The zero-order valence-corrected chi connectivity index (χ0v) is 53.3. The molecule has 0 saturated carbocycles. The number of esters is 3. The molecule has 0 aliphatic carbocycles. The number of unbranched alkanes of at least 4 members (excludes halogenated alkanes) is 33. The molecule has 0 bridgehead atoms. The fourth-order valence-corrected chi connectivity index (χ4v) is 9.66. The van der Waals surface area contributed by atoms with Gasteiger partial charge in [-0.05, 0) is 122 Å². The highest BCUT2D eigenvalue weighted by Crippen LogP contribution is 2.17. The summed E-state index contributed by atoms with van der Waals surface area (Å²) in [6, 6.07) is 0. The highest BCUT2D eigenvalue weighted by molar-refractivity contribution is 5.71. The molecule has 81 heavy (non-hydrogen) atoms. The van der Waals surface area contributed by atoms with E-state index in [1.54, 1.807) is 0 Å². The van der Waals surface area contributed by atoms with E-state index in [2.05, 4.69) is 130 Å². The number of carbonyl (C=O) groups is 3. The van der Waals surface area contributed by atoms with Crippen LogP contribution in [0.1, 0.15) is 329 Å². The minimum atomic E-state index is -0.793. The van der Waals surface area contributed by atoms with Crippen molar-refractivity contribution >= 4 is 17.9 Å². The van der Waals surface area contributed by atoms with Crippen molar-refractivity contribution in [2.75, 3.05) is 13.2 Å². The Hall–Kier alpha value is -3.93. The van der Waals surface area contributed by atoms with Gasteiger partial charge in [-0.3, -0.25) is 14.4 Å². The number of allylic oxidation sites excluding steroid dienone is 18. The average Bonchev–Trinajstić information content (AvgIpc) is 3.46. The predicted molar refractivity (Wildman–Crippen MR) is 353 cm³/mol. The fraction of sp³-hybridized carbons (Fsp3) is 0.720. The molecule has 1 atom stereocenters. The highest BCUT2D eigenvalue weighted by Gasteiger charge is 2.19. The molecule has 0 saturated heterocycles. The molecule has 1 unspecified atom stereocenters. The summed E-state index contributed by atoms with van der Waals surface area (Å²) in [6.07, 6.45) is 94.1. The van der Waals surface area contributed by atoms with Gasteiger partial charge in [0.25, 0.3) is 0 Å². The van der Waals surface area contributed by atoms with Crippen LogP contribution >= 0.6 is 0 Å². The van der Waals surface area contributed by atoms with Crippen molar-refractivity contribution < 1.29 is 28.6 Å². The number of rotatable bonds is 62. The Balaban J connectivity index is 4.19. The van der Waals surface area contributed by atoms with Gasteiger partial charge in [0.15, 0.2) is 6.10 Å². The average molecular weight is 1130 g/mol. The first kappa shape index (κ1) is 77.1. The molecule has 0 fully saturated rings. The van der Waals surface area contributed by atoms with Crippen molar-refractivity contribution in [3.63, 3.8) is 0 Å². The summed E-state index contributed by atoms with van der Waals surface area (Å²) in [5.74, 6) is -0.910. The maximum atomic E-state index is 12.9. The monoisotopic (exact) mass is 1120 g/mol. The van der Waals surface area contributed by atoms with Gasteiger partial charge in [0, 0.05) is 19.3 Å². The van der Waals surface area contributed by atoms with E-state index in [1.165, 1.54) is 173 Å². The molecular formula is C75H128O6. The molecule has 0 aromatic rings. The summed E-state index contributed by atoms with van der Waals surface area (Å²) < 4.78 is 16.9. The van der Waals surface area contributed by atoms with Crippen LogP contribution in [0.5, 0.6) is 0 Å². The first-order valence-electron chi connectivity index (χ1n) is 34.4. The molecule has 0 aliphatic heterocycles. The topological polar surface area (TPSA) is 78.9 Å². The van der Waals surface area contributed by atoms with Crippen LogP contribution < -0.4 is 0 Å². The van der Waals surface area contributed by atoms with E-state index in [0.717, 1.165) is 116 Å². The van der Waals surface area contributed by atoms with E-state index in [1.807, 2.05) is 0 Å². The molecule has 0 aromatic carbocycles. The van der Waals surface area contributed by atoms with Crippen LogP contribution in [0.15, 0.2) is 109 Å². The summed E-state index contributed by atoms with van der Waals surface area (Å²) in [4.78, 5) is 38.3. The molecule has 0 rings (SSSR count). The normalized spacial score (nSPS) is 12.8. The predicted octanol–water partition coefficient (Wildman–Crippen LogP) is 23.8. The molecule has 0 heterocycles. The van der Waals surface area contributed by atoms with Gasteiger partial charge in [-0.2, -0.15) is 0 Å². The Labute approximate surface area is 501 Å². The van der Waals surface area contributed by atoms with Crippen LogP contribution in [0.2, 0.25) is 0 Å². The van der Waals surface area contributed by atoms with Gasteiger partial charge >= 0.3 is 17.9 Å². The van der Waals surface area contributed by atoms with Crippen molar-refractivity contribution in [2.45, 2.75) is 335 Å². The Kier molecular flexibility index (Phi) is 65.2. The van der Waals surface area contributed by atoms with E-state index in [4.69, 9.17) is 14.2 Å². The van der Waals surface area contributed by atoms with E-state index in [-0.39, 0.29) is 31.1 Å². The van der Waals surface area contributed by atoms with Gasteiger partial charge in [-0.25, -0.2) is 0 Å². The molecule has 6 nitrogen and oxygen atoms in total. The summed E-state index contributed by atoms with van der Waals surface area (Å²) >= 11 is 0. The van der Waals surface area contributed by atoms with E-state index in [9.17, 15) is 14.4 Å². The van der Waals surface area contributed by atoms with Crippen molar-refractivity contribution in [3.8, 4) is 0 Å². The zero-order valence-electron chi connectivity index (χ0n) is 53.3. The molecule has 0 radical (unpaired) electrons. The number of hydrogen-bond acceptors (Lipinski definition) is 6. The molecule has 464 valence electrons. The van der Waals surface area contributed by atoms with Crippen LogP contribution in [-0.2, 0) is 28.6 Å². The number of ether oxygens (including phenoxy) is 3. The smallest absolute Gasteiger partial charge is 0.306 e. The molecular weight excluding hydrogens is 997 g/mol. The summed E-state index contributed by atoms with van der Waals surface area (Å²) in [6.45, 7) is 6.41. The Bertz CT molecular complexity index is 1620. The maximum absolute atomic E-state index is 12.9. The standard InChI is InChI=1S/C75H128O6/c1-4-7-10-13-16-19-22-25-27-29-30-31-32-33-34-35-36-37-38-39-40-41-42-43-44-46-47-50-53-56-59-62-65-68-74(77)80-71-72(70-79-73(76)67-64-61-58-55-52-49-24-21-18-15-12-9-6-3)81-75(78)69-66-63-60-57-54-51-48-45-28-26-23-20-17-14-11-8-5-2/h7,9-10,12,16,18-19,21,25-28,30-31,33-34,49,52,72H,4-6,8,11,13-15,17,20,22-24,29,32,35-48,50-51,53-71H2,1-3H3/b10-7-,12-9-,19-16-,21-18-,27-25-,28-26-,31-30-,34-33-,52-49-. The lowest BCUT2D eigenvalue weighted by molar-refractivity contribution is -0.167. The maximum Gasteiger partial charge on any atom is 0.306 e.